The summed E-state index contributed by atoms with van der Waals surface area (Å²) < 4.78 is 30.7. The highest BCUT2D eigenvalue weighted by Crippen LogP contribution is 2.44. The van der Waals surface area contributed by atoms with Crippen LogP contribution >= 0.6 is 0 Å². The molecule has 7 rings (SSSR count). The number of benzene rings is 3. The molecule has 3 heterocycles. The van der Waals surface area contributed by atoms with Crippen LogP contribution < -0.4 is 27.0 Å². The number of carbonyl (C=O) groups is 6. The second-order valence-electron chi connectivity index (χ2n) is 14.3. The summed E-state index contributed by atoms with van der Waals surface area (Å²) in [5.41, 5.74) is 9.45. The molecule has 0 radical (unpaired) electrons. The number of aryl methyl sites for hydroxylation is 1. The van der Waals surface area contributed by atoms with Crippen LogP contribution in [0.25, 0.3) is 22.0 Å². The van der Waals surface area contributed by atoms with Gasteiger partial charge in [-0.1, -0.05) is 18.2 Å². The monoisotopic (exact) mass is 765 g/mol. The second kappa shape index (κ2) is 15.8. The Kier molecular flexibility index (Phi) is 10.8. The molecule has 1 unspecified atom stereocenters. The van der Waals surface area contributed by atoms with Crippen LogP contribution in [0.5, 0.6) is 0 Å². The molecule has 13 nitrogen and oxygen atoms in total. The molecule has 290 valence electrons. The third-order valence-electron chi connectivity index (χ3n) is 10.6. The summed E-state index contributed by atoms with van der Waals surface area (Å²) in [6, 6.07) is 11.2. The van der Waals surface area contributed by atoms with Crippen molar-refractivity contribution >= 4 is 52.0 Å². The van der Waals surface area contributed by atoms with Crippen LogP contribution in [0.1, 0.15) is 98.8 Å². The Balaban J connectivity index is 0.885. The summed E-state index contributed by atoms with van der Waals surface area (Å²) in [6.07, 6.45) is 3.80. The van der Waals surface area contributed by atoms with E-state index in [-0.39, 0.29) is 78.2 Å². The molecule has 3 aliphatic rings. The lowest BCUT2D eigenvalue weighted by Crippen LogP contribution is -2.52. The van der Waals surface area contributed by atoms with Gasteiger partial charge >= 0.3 is 0 Å². The maximum absolute atomic E-state index is 15.4. The number of nitrogens with zero attached hydrogens (tertiary/aromatic N) is 2. The highest BCUT2D eigenvalue weighted by Gasteiger charge is 2.40. The number of amides is 6. The fourth-order valence-electron chi connectivity index (χ4n) is 7.55. The van der Waals surface area contributed by atoms with Crippen LogP contribution in [0, 0.1) is 11.6 Å². The molecule has 1 aromatic heterocycles. The van der Waals surface area contributed by atoms with Gasteiger partial charge < -0.3 is 26.6 Å². The van der Waals surface area contributed by atoms with Crippen LogP contribution in [0.2, 0.25) is 0 Å². The molecule has 1 aliphatic carbocycles. The summed E-state index contributed by atoms with van der Waals surface area (Å²) >= 11 is 0. The molecule has 6 N–H and O–H groups in total. The molecule has 1 saturated heterocycles. The van der Waals surface area contributed by atoms with Gasteiger partial charge in [-0.2, -0.15) is 0 Å². The molecule has 0 spiro atoms. The molecule has 1 atom stereocenters. The summed E-state index contributed by atoms with van der Waals surface area (Å²) in [7, 11) is 1.63. The molecule has 1 saturated carbocycles. The summed E-state index contributed by atoms with van der Waals surface area (Å²) in [4.78, 5) is 80.9. The van der Waals surface area contributed by atoms with Crippen LogP contribution in [-0.4, -0.2) is 71.5 Å². The number of nitrogens with two attached hydrogens (primary N) is 1. The molecule has 6 amide bonds. The molecule has 0 bridgehead atoms. The molecule has 4 aromatic rings. The van der Waals surface area contributed by atoms with E-state index in [1.54, 1.807) is 19.2 Å². The lowest BCUT2D eigenvalue weighted by atomic mass is 9.97. The minimum atomic E-state index is -0.835. The van der Waals surface area contributed by atoms with Crippen molar-refractivity contribution in [1.82, 2.24) is 25.8 Å². The average molecular weight is 766 g/mol. The molecule has 2 fully saturated rings. The van der Waals surface area contributed by atoms with E-state index in [0.29, 0.717) is 53.7 Å². The first-order chi connectivity index (χ1) is 26.9. The molecule has 56 heavy (non-hydrogen) atoms. The standard InChI is InChI=1S/C41H41F2N7O6/c1-45-37-27-18-26(30(43)19-31(27)48-36(22-7-8-22)35(37)38(44)53)23-9-11-25(29(42)17-23)39(54)47-16-3-2-15-46-33(51)13-10-21-5-4-6-24-28(21)20-50(41(24)56)32-12-14-34(52)49-40(32)55/h4-6,9,11,17-19,22,32H,2-3,7-8,10,12-16,20H2,1H3,(H2,44,53)(H,45,48)(H,46,51)(H,47,54)(H,49,52,55). The number of fused-ring (bicyclic) bond motifs is 2. The minimum Gasteiger partial charge on any atom is -0.387 e. The highest BCUT2D eigenvalue weighted by molar-refractivity contribution is 6.09. The molecular formula is C41H41F2N7O6. The predicted molar refractivity (Wildman–Crippen MR) is 203 cm³/mol. The van der Waals surface area contributed by atoms with Crippen molar-refractivity contribution in [3.05, 3.63) is 93.7 Å². The fraction of sp³-hybridized carbons (Fsp3) is 0.341. The maximum Gasteiger partial charge on any atom is 0.255 e. The van der Waals surface area contributed by atoms with Crippen molar-refractivity contribution in [2.45, 2.75) is 69.9 Å². The number of hydrogen-bond donors (Lipinski definition) is 5. The first kappa shape index (κ1) is 38.0. The SMILES string of the molecule is CNc1c(C(N)=O)c(C2CC2)nc2cc(F)c(-c3ccc(C(=O)NCCCCNC(=O)CCc4cccc5c4CN(C4CCC(=O)NC4=O)C5=O)c(F)c3)cc12. The van der Waals surface area contributed by atoms with Crippen LogP contribution in [0.15, 0.2) is 48.5 Å². The van der Waals surface area contributed by atoms with Gasteiger partial charge in [0.1, 0.15) is 17.7 Å². The Hall–Kier alpha value is -6.25. The van der Waals surface area contributed by atoms with E-state index in [2.05, 4.69) is 26.3 Å². The van der Waals surface area contributed by atoms with E-state index in [9.17, 15) is 28.8 Å². The number of hydrogen-bond acceptors (Lipinski definition) is 8. The van der Waals surface area contributed by atoms with Gasteiger partial charge in [0, 0.05) is 68.0 Å². The maximum atomic E-state index is 15.4. The largest absolute Gasteiger partial charge is 0.387 e. The second-order valence-corrected chi connectivity index (χ2v) is 14.3. The number of aromatic nitrogens is 1. The Bertz CT molecular complexity index is 2310. The number of unbranched alkanes of at least 4 members (excludes halogenated alkanes) is 1. The van der Waals surface area contributed by atoms with Crippen LogP contribution in [-0.2, 0) is 27.3 Å². The zero-order valence-corrected chi connectivity index (χ0v) is 30.7. The summed E-state index contributed by atoms with van der Waals surface area (Å²) in [5, 5.41) is 11.3. The number of pyridine rings is 1. The zero-order chi connectivity index (χ0) is 39.7. The highest BCUT2D eigenvalue weighted by atomic mass is 19.1. The Morgan fingerprint density at radius 1 is 0.946 bits per heavy atom. The summed E-state index contributed by atoms with van der Waals surface area (Å²) in [6.45, 7) is 0.823. The quantitative estimate of drug-likeness (QED) is 0.0931. The molecule has 15 heteroatoms. The van der Waals surface area contributed by atoms with Crippen molar-refractivity contribution in [2.75, 3.05) is 25.5 Å². The van der Waals surface area contributed by atoms with Crippen LogP contribution in [0.4, 0.5) is 14.5 Å². The third kappa shape index (κ3) is 7.66. The Labute approximate surface area is 320 Å². The van der Waals surface area contributed by atoms with Crippen molar-refractivity contribution in [1.29, 1.82) is 0 Å². The lowest BCUT2D eigenvalue weighted by molar-refractivity contribution is -0.137. The molecule has 3 aromatic carbocycles. The van der Waals surface area contributed by atoms with Gasteiger partial charge in [-0.15, -0.1) is 0 Å². The number of piperidine rings is 1. The third-order valence-corrected chi connectivity index (χ3v) is 10.6. The van der Waals surface area contributed by atoms with Crippen molar-refractivity contribution in [2.24, 2.45) is 5.73 Å². The van der Waals surface area contributed by atoms with E-state index in [0.717, 1.165) is 30.0 Å². The van der Waals surface area contributed by atoms with Gasteiger partial charge in [0.25, 0.3) is 17.7 Å². The van der Waals surface area contributed by atoms with E-state index in [1.807, 2.05) is 6.07 Å². The zero-order valence-electron chi connectivity index (χ0n) is 30.7. The van der Waals surface area contributed by atoms with Gasteiger partial charge in [-0.25, -0.2) is 8.78 Å². The number of anilines is 1. The first-order valence-corrected chi connectivity index (χ1v) is 18.7. The topological polar surface area (TPSA) is 193 Å². The lowest BCUT2D eigenvalue weighted by Gasteiger charge is -2.29. The number of imide groups is 1. The smallest absolute Gasteiger partial charge is 0.255 e. The minimum absolute atomic E-state index is 0.0671. The number of carbonyl (C=O) groups excluding carboxylic acids is 6. The van der Waals surface area contributed by atoms with Gasteiger partial charge in [-0.3, -0.25) is 39.1 Å². The average Bonchev–Trinajstić information content (AvgIpc) is 3.97. The number of primary amides is 1. The normalized spacial score (nSPS) is 16.4. The van der Waals surface area contributed by atoms with Crippen LogP contribution in [0.3, 0.4) is 0 Å². The fourth-order valence-corrected chi connectivity index (χ4v) is 7.55. The van der Waals surface area contributed by atoms with Crippen molar-refractivity contribution < 1.29 is 37.5 Å². The van der Waals surface area contributed by atoms with E-state index >= 15 is 8.78 Å². The number of halogens is 2. The van der Waals surface area contributed by atoms with Gasteiger partial charge in [-0.05, 0) is 79.5 Å². The molecule has 2 aliphatic heterocycles. The predicted octanol–water partition coefficient (Wildman–Crippen LogP) is 4.22. The Morgan fingerprint density at radius 3 is 2.41 bits per heavy atom. The molecular weight excluding hydrogens is 724 g/mol. The van der Waals surface area contributed by atoms with Gasteiger partial charge in [0.2, 0.25) is 17.7 Å². The summed E-state index contributed by atoms with van der Waals surface area (Å²) in [5.74, 6) is -3.95. The van der Waals surface area contributed by atoms with E-state index in [1.165, 1.54) is 29.2 Å². The van der Waals surface area contributed by atoms with Crippen molar-refractivity contribution in [3.8, 4) is 11.1 Å². The number of nitrogens with one attached hydrogen (secondary N) is 4. The van der Waals surface area contributed by atoms with E-state index in [4.69, 9.17) is 5.73 Å². The van der Waals surface area contributed by atoms with Gasteiger partial charge in [0.05, 0.1) is 28.0 Å². The number of rotatable bonds is 14. The first-order valence-electron chi connectivity index (χ1n) is 18.7. The van der Waals surface area contributed by atoms with Gasteiger partial charge in [0.15, 0.2) is 0 Å². The Morgan fingerprint density at radius 2 is 1.71 bits per heavy atom. The van der Waals surface area contributed by atoms with Crippen molar-refractivity contribution in [3.63, 3.8) is 0 Å². The van der Waals surface area contributed by atoms with E-state index < -0.39 is 35.4 Å².